The van der Waals surface area contributed by atoms with E-state index in [0.29, 0.717) is 0 Å². The Balaban J connectivity index is 1.57. The number of anilines is 3. The minimum atomic E-state index is -1.61. The molecule has 1 heterocycles. The molecule has 1 aliphatic rings. The molecule has 1 saturated heterocycles. The first-order chi connectivity index (χ1) is 13.9. The summed E-state index contributed by atoms with van der Waals surface area (Å²) in [6.07, 6.45) is 0. The molecule has 0 radical (unpaired) electrons. The van der Waals surface area contributed by atoms with Crippen molar-refractivity contribution >= 4 is 23.0 Å². The molecule has 0 spiro atoms. The maximum atomic E-state index is 13.7. The Labute approximate surface area is 168 Å². The van der Waals surface area contributed by atoms with Gasteiger partial charge in [-0.1, -0.05) is 0 Å². The summed E-state index contributed by atoms with van der Waals surface area (Å²) in [5.74, 6) is -4.89. The van der Waals surface area contributed by atoms with Crippen molar-refractivity contribution in [3.05, 3.63) is 53.8 Å². The number of piperazine rings is 1. The summed E-state index contributed by atoms with van der Waals surface area (Å²) in [6, 6.07) is 8.83. The fraction of sp³-hybridized carbons (Fsp3) is 0.381. The lowest BCUT2D eigenvalue weighted by Crippen LogP contribution is -3.14. The standard InChI is InChI=1S/C21H25F3N4O/c1-3-27-10-12-28(13-11-27)16-6-4-15(5-7-16)25-14(2)21(29)26-18-9-8-17(22)19(23)20(18)24/h4-9,14,25H,3,10-13H2,1-2H3,(H,26,29)/p+1/t14-/m1/s1. The summed E-state index contributed by atoms with van der Waals surface area (Å²) >= 11 is 0. The highest BCUT2D eigenvalue weighted by Gasteiger charge is 2.20. The van der Waals surface area contributed by atoms with E-state index < -0.39 is 35.1 Å². The molecule has 29 heavy (non-hydrogen) atoms. The van der Waals surface area contributed by atoms with Crippen LogP contribution in [0.15, 0.2) is 36.4 Å². The van der Waals surface area contributed by atoms with Crippen LogP contribution in [0.3, 0.4) is 0 Å². The normalized spacial score (nSPS) is 15.8. The van der Waals surface area contributed by atoms with Crippen molar-refractivity contribution in [2.45, 2.75) is 19.9 Å². The van der Waals surface area contributed by atoms with E-state index in [1.807, 2.05) is 24.3 Å². The van der Waals surface area contributed by atoms with E-state index in [1.165, 1.54) is 0 Å². The Morgan fingerprint density at radius 1 is 1.07 bits per heavy atom. The van der Waals surface area contributed by atoms with Crippen LogP contribution < -0.4 is 20.4 Å². The monoisotopic (exact) mass is 407 g/mol. The SMILES string of the molecule is CC[NH+]1CCN(c2ccc(N[C@H](C)C(=O)Nc3ccc(F)c(F)c3F)cc2)CC1. The zero-order chi connectivity index (χ0) is 21.0. The number of hydrogen-bond acceptors (Lipinski definition) is 3. The quantitative estimate of drug-likeness (QED) is 0.644. The third kappa shape index (κ3) is 5.00. The van der Waals surface area contributed by atoms with Gasteiger partial charge in [0.05, 0.1) is 38.4 Å². The number of carbonyl (C=O) groups excluding carboxylic acids is 1. The molecule has 3 rings (SSSR count). The molecule has 8 heteroatoms. The zero-order valence-corrected chi connectivity index (χ0v) is 16.6. The van der Waals surface area contributed by atoms with Crippen LogP contribution in [0.25, 0.3) is 0 Å². The van der Waals surface area contributed by atoms with E-state index in [2.05, 4.69) is 22.5 Å². The third-order valence-corrected chi connectivity index (χ3v) is 5.27. The maximum Gasteiger partial charge on any atom is 0.246 e. The van der Waals surface area contributed by atoms with Crippen molar-refractivity contribution in [3.8, 4) is 0 Å². The van der Waals surface area contributed by atoms with Crippen molar-refractivity contribution in [2.24, 2.45) is 0 Å². The Bertz CT molecular complexity index is 852. The average Bonchev–Trinajstić information content (AvgIpc) is 2.74. The van der Waals surface area contributed by atoms with Gasteiger partial charge in [0.25, 0.3) is 0 Å². The molecule has 1 amide bonds. The van der Waals surface area contributed by atoms with Gasteiger partial charge in [0, 0.05) is 11.4 Å². The molecular formula is C21H26F3N4O+. The van der Waals surface area contributed by atoms with Crippen LogP contribution in [0.1, 0.15) is 13.8 Å². The molecule has 1 aliphatic heterocycles. The predicted molar refractivity (Wildman–Crippen MR) is 108 cm³/mol. The number of benzene rings is 2. The number of hydrogen-bond donors (Lipinski definition) is 3. The van der Waals surface area contributed by atoms with Gasteiger partial charge in [-0.3, -0.25) is 4.79 Å². The molecule has 2 aromatic carbocycles. The number of nitrogens with one attached hydrogen (secondary N) is 3. The maximum absolute atomic E-state index is 13.7. The van der Waals surface area contributed by atoms with Crippen LogP contribution in [0, 0.1) is 17.5 Å². The molecule has 3 N–H and O–H groups in total. The van der Waals surface area contributed by atoms with E-state index in [0.717, 1.165) is 56.2 Å². The van der Waals surface area contributed by atoms with Gasteiger partial charge in [0.15, 0.2) is 17.5 Å². The highest BCUT2D eigenvalue weighted by molar-refractivity contribution is 5.96. The number of amides is 1. The van der Waals surface area contributed by atoms with E-state index in [9.17, 15) is 18.0 Å². The van der Waals surface area contributed by atoms with Gasteiger partial charge in [-0.2, -0.15) is 0 Å². The van der Waals surface area contributed by atoms with Gasteiger partial charge >= 0.3 is 0 Å². The molecule has 0 bridgehead atoms. The Morgan fingerprint density at radius 3 is 2.34 bits per heavy atom. The summed E-state index contributed by atoms with van der Waals surface area (Å²) < 4.78 is 40.0. The summed E-state index contributed by atoms with van der Waals surface area (Å²) in [5, 5.41) is 5.31. The molecule has 2 aromatic rings. The van der Waals surface area contributed by atoms with Gasteiger partial charge in [0.1, 0.15) is 6.04 Å². The second-order valence-electron chi connectivity index (χ2n) is 7.22. The predicted octanol–water partition coefficient (Wildman–Crippen LogP) is 2.27. The number of likely N-dealkylation sites (N-methyl/N-ethyl adjacent to an activating group) is 1. The zero-order valence-electron chi connectivity index (χ0n) is 16.6. The molecule has 156 valence electrons. The summed E-state index contributed by atoms with van der Waals surface area (Å²) in [7, 11) is 0. The Hall–Kier alpha value is -2.74. The van der Waals surface area contributed by atoms with Crippen LogP contribution in [-0.2, 0) is 4.79 Å². The van der Waals surface area contributed by atoms with E-state index in [-0.39, 0.29) is 0 Å². The first-order valence-corrected chi connectivity index (χ1v) is 9.78. The topological polar surface area (TPSA) is 48.8 Å². The number of rotatable bonds is 6. The molecule has 5 nitrogen and oxygen atoms in total. The van der Waals surface area contributed by atoms with Crippen LogP contribution in [0.5, 0.6) is 0 Å². The minimum absolute atomic E-state index is 0.397. The first kappa shape index (κ1) is 21.0. The van der Waals surface area contributed by atoms with E-state index in [1.54, 1.807) is 11.8 Å². The molecular weight excluding hydrogens is 381 g/mol. The summed E-state index contributed by atoms with van der Waals surface area (Å²) in [4.78, 5) is 16.2. The van der Waals surface area contributed by atoms with E-state index >= 15 is 0 Å². The molecule has 0 aromatic heterocycles. The number of halogens is 3. The Kier molecular flexibility index (Phi) is 6.64. The largest absolute Gasteiger partial charge is 0.374 e. The van der Waals surface area contributed by atoms with Gasteiger partial charge in [-0.15, -0.1) is 0 Å². The fourth-order valence-electron chi connectivity index (χ4n) is 3.38. The lowest BCUT2D eigenvalue weighted by atomic mass is 10.2. The van der Waals surface area contributed by atoms with Crippen LogP contribution in [0.2, 0.25) is 0 Å². The summed E-state index contributed by atoms with van der Waals surface area (Å²) in [5.41, 5.74) is 1.47. The lowest BCUT2D eigenvalue weighted by Gasteiger charge is -2.33. The lowest BCUT2D eigenvalue weighted by molar-refractivity contribution is -0.898. The summed E-state index contributed by atoms with van der Waals surface area (Å²) in [6.45, 7) is 9.20. The van der Waals surface area contributed by atoms with Crippen molar-refractivity contribution in [1.82, 2.24) is 0 Å². The van der Waals surface area contributed by atoms with Crippen LogP contribution >= 0.6 is 0 Å². The second kappa shape index (κ2) is 9.17. The highest BCUT2D eigenvalue weighted by atomic mass is 19.2. The Morgan fingerprint density at radius 2 is 1.72 bits per heavy atom. The van der Waals surface area contributed by atoms with E-state index in [4.69, 9.17) is 0 Å². The third-order valence-electron chi connectivity index (χ3n) is 5.27. The average molecular weight is 407 g/mol. The van der Waals surface area contributed by atoms with Crippen LogP contribution in [0.4, 0.5) is 30.2 Å². The smallest absolute Gasteiger partial charge is 0.246 e. The number of nitrogens with zero attached hydrogens (tertiary/aromatic N) is 1. The van der Waals surface area contributed by atoms with Crippen molar-refractivity contribution in [1.29, 1.82) is 0 Å². The molecule has 1 fully saturated rings. The van der Waals surface area contributed by atoms with Gasteiger partial charge in [-0.25, -0.2) is 13.2 Å². The molecule has 0 saturated carbocycles. The molecule has 1 atom stereocenters. The molecule has 0 unspecified atom stereocenters. The van der Waals surface area contributed by atoms with Crippen molar-refractivity contribution < 1.29 is 22.9 Å². The highest BCUT2D eigenvalue weighted by Crippen LogP contribution is 2.21. The minimum Gasteiger partial charge on any atom is -0.374 e. The van der Waals surface area contributed by atoms with Gasteiger partial charge < -0.3 is 20.4 Å². The van der Waals surface area contributed by atoms with Crippen molar-refractivity contribution in [3.63, 3.8) is 0 Å². The van der Waals surface area contributed by atoms with Crippen molar-refractivity contribution in [2.75, 3.05) is 48.3 Å². The number of carbonyl (C=O) groups is 1. The van der Waals surface area contributed by atoms with Crippen LogP contribution in [-0.4, -0.2) is 44.7 Å². The fourth-order valence-corrected chi connectivity index (χ4v) is 3.38. The number of quaternary nitrogens is 1. The first-order valence-electron chi connectivity index (χ1n) is 9.78. The van der Waals surface area contributed by atoms with Gasteiger partial charge in [0.2, 0.25) is 5.91 Å². The second-order valence-corrected chi connectivity index (χ2v) is 7.22. The van der Waals surface area contributed by atoms with Gasteiger partial charge in [-0.05, 0) is 50.2 Å². The molecule has 0 aliphatic carbocycles.